The van der Waals surface area contributed by atoms with Gasteiger partial charge in [0.05, 0.1) is 18.0 Å². The van der Waals surface area contributed by atoms with Gasteiger partial charge in [-0.2, -0.15) is 5.11 Å². The molecule has 0 saturated carbocycles. The largest absolute Gasteiger partial charge is 0.450 e. The first-order chi connectivity index (χ1) is 11.6. The van der Waals surface area contributed by atoms with Gasteiger partial charge in [-0.1, -0.05) is 23.7 Å². The molecule has 0 unspecified atom stereocenters. The van der Waals surface area contributed by atoms with Crippen molar-refractivity contribution in [1.29, 1.82) is 0 Å². The lowest BCUT2D eigenvalue weighted by atomic mass is 10.3. The first-order valence-corrected chi connectivity index (χ1v) is 7.88. The quantitative estimate of drug-likeness (QED) is 0.579. The second-order valence-corrected chi connectivity index (χ2v) is 5.34. The number of halogens is 1. The van der Waals surface area contributed by atoms with E-state index in [4.69, 9.17) is 28.6 Å². The number of anilines is 1. The number of para-hydroxylation sites is 1. The van der Waals surface area contributed by atoms with E-state index in [0.717, 1.165) is 0 Å². The van der Waals surface area contributed by atoms with E-state index in [0.29, 0.717) is 22.1 Å². The molecule has 1 amide bonds. The normalized spacial score (nSPS) is 10.4. The highest BCUT2D eigenvalue weighted by molar-refractivity contribution is 7.80. The average molecular weight is 363 g/mol. The zero-order valence-electron chi connectivity index (χ0n) is 12.8. The summed E-state index contributed by atoms with van der Waals surface area (Å²) in [6.07, 6.45) is -0.615. The van der Waals surface area contributed by atoms with Crippen LogP contribution < -0.4 is 10.6 Å². The number of nitrogens with zero attached hydrogens (tertiary/aromatic N) is 2. The summed E-state index contributed by atoms with van der Waals surface area (Å²) in [4.78, 5) is 11.4. The maximum atomic E-state index is 11.4. The zero-order chi connectivity index (χ0) is 17.4. The van der Waals surface area contributed by atoms with Crippen molar-refractivity contribution < 1.29 is 9.53 Å². The van der Waals surface area contributed by atoms with Gasteiger partial charge < -0.3 is 10.1 Å². The number of alkyl carbamates (subject to hydrolysis) is 1. The molecule has 0 spiro atoms. The third-order valence-corrected chi connectivity index (χ3v) is 3.20. The second-order valence-electron chi connectivity index (χ2n) is 4.49. The maximum Gasteiger partial charge on any atom is 0.413 e. The van der Waals surface area contributed by atoms with E-state index in [1.165, 1.54) is 0 Å². The van der Waals surface area contributed by atoms with Gasteiger partial charge in [0.25, 0.3) is 0 Å². The molecular formula is C16H15ClN4O2S. The Hall–Kier alpha value is -2.51. The molecule has 2 N–H and O–H groups in total. The number of carbonyl (C=O) groups excluding carboxylic acids is 1. The molecule has 2 rings (SSSR count). The van der Waals surface area contributed by atoms with Crippen LogP contribution in [0.1, 0.15) is 6.92 Å². The van der Waals surface area contributed by atoms with Crippen LogP contribution in [-0.4, -0.2) is 17.8 Å². The van der Waals surface area contributed by atoms with Gasteiger partial charge in [-0.3, -0.25) is 5.32 Å². The summed E-state index contributed by atoms with van der Waals surface area (Å²) in [5.74, 6) is 0. The lowest BCUT2D eigenvalue weighted by Crippen LogP contribution is -2.34. The lowest BCUT2D eigenvalue weighted by Gasteiger charge is -2.10. The molecule has 0 atom stereocenters. The molecule has 0 aliphatic rings. The Labute approximate surface area is 149 Å². The molecular weight excluding hydrogens is 348 g/mol. The van der Waals surface area contributed by atoms with Gasteiger partial charge in [0, 0.05) is 5.02 Å². The Bertz CT molecular complexity index is 750. The predicted molar refractivity (Wildman–Crippen MR) is 98.4 cm³/mol. The molecule has 8 heteroatoms. The van der Waals surface area contributed by atoms with E-state index in [-0.39, 0.29) is 11.7 Å². The van der Waals surface area contributed by atoms with Gasteiger partial charge in [-0.15, -0.1) is 5.11 Å². The van der Waals surface area contributed by atoms with Crippen LogP contribution in [0.4, 0.5) is 21.9 Å². The van der Waals surface area contributed by atoms with E-state index in [9.17, 15) is 4.79 Å². The Morgan fingerprint density at radius 3 is 2.58 bits per heavy atom. The Kier molecular flexibility index (Phi) is 6.65. The van der Waals surface area contributed by atoms with Crippen molar-refractivity contribution in [3.63, 3.8) is 0 Å². The van der Waals surface area contributed by atoms with Crippen LogP contribution in [0, 0.1) is 0 Å². The predicted octanol–water partition coefficient (Wildman–Crippen LogP) is 5.20. The van der Waals surface area contributed by atoms with Gasteiger partial charge in [0.2, 0.25) is 0 Å². The van der Waals surface area contributed by atoms with Crippen molar-refractivity contribution in [3.05, 3.63) is 53.6 Å². The lowest BCUT2D eigenvalue weighted by molar-refractivity contribution is 0.158. The summed E-state index contributed by atoms with van der Waals surface area (Å²) in [7, 11) is 0. The number of hydrogen-bond donors (Lipinski definition) is 2. The first kappa shape index (κ1) is 17.8. The number of rotatable bonds is 4. The third-order valence-electron chi connectivity index (χ3n) is 2.74. The Morgan fingerprint density at radius 1 is 1.17 bits per heavy atom. The highest BCUT2D eigenvalue weighted by Crippen LogP contribution is 2.27. The molecule has 0 fully saturated rings. The number of amides is 1. The average Bonchev–Trinajstić information content (AvgIpc) is 2.55. The van der Waals surface area contributed by atoms with E-state index >= 15 is 0 Å². The minimum Gasteiger partial charge on any atom is -0.450 e. The summed E-state index contributed by atoms with van der Waals surface area (Å²) < 4.78 is 4.77. The van der Waals surface area contributed by atoms with E-state index in [1.54, 1.807) is 43.3 Å². The molecule has 0 radical (unpaired) electrons. The smallest absolute Gasteiger partial charge is 0.413 e. The van der Waals surface area contributed by atoms with Gasteiger partial charge in [-0.05, 0) is 55.5 Å². The first-order valence-electron chi connectivity index (χ1n) is 7.09. The monoisotopic (exact) mass is 362 g/mol. The van der Waals surface area contributed by atoms with Crippen molar-refractivity contribution in [2.75, 3.05) is 11.9 Å². The Morgan fingerprint density at radius 2 is 1.88 bits per heavy atom. The molecule has 0 bridgehead atoms. The highest BCUT2D eigenvalue weighted by atomic mass is 35.5. The highest BCUT2D eigenvalue weighted by Gasteiger charge is 2.07. The van der Waals surface area contributed by atoms with Crippen molar-refractivity contribution in [1.82, 2.24) is 5.32 Å². The molecule has 0 saturated heterocycles. The molecule has 2 aromatic carbocycles. The molecule has 2 aromatic rings. The minimum absolute atomic E-state index is 0.114. The van der Waals surface area contributed by atoms with Gasteiger partial charge in [-0.25, -0.2) is 4.79 Å². The number of azo groups is 1. The summed E-state index contributed by atoms with van der Waals surface area (Å²) in [6.45, 7) is 1.98. The van der Waals surface area contributed by atoms with Crippen molar-refractivity contribution >= 4 is 52.1 Å². The van der Waals surface area contributed by atoms with Crippen LogP contribution in [0.2, 0.25) is 5.02 Å². The van der Waals surface area contributed by atoms with Crippen LogP contribution in [-0.2, 0) is 4.74 Å². The number of carbonyl (C=O) groups is 1. The summed E-state index contributed by atoms with van der Waals surface area (Å²) >= 11 is 10.9. The van der Waals surface area contributed by atoms with E-state index in [1.807, 2.05) is 12.1 Å². The second kappa shape index (κ2) is 8.95. The summed E-state index contributed by atoms with van der Waals surface area (Å²) in [5.41, 5.74) is 1.85. The van der Waals surface area contributed by atoms with Gasteiger partial charge in [0.15, 0.2) is 5.11 Å². The van der Waals surface area contributed by atoms with Crippen molar-refractivity contribution in [2.45, 2.75) is 6.92 Å². The number of hydrogen-bond acceptors (Lipinski definition) is 5. The molecule has 0 aromatic heterocycles. The molecule has 6 nitrogen and oxygen atoms in total. The van der Waals surface area contributed by atoms with Gasteiger partial charge >= 0.3 is 6.09 Å². The number of nitrogens with one attached hydrogen (secondary N) is 2. The summed E-state index contributed by atoms with van der Waals surface area (Å²) in [5, 5.41) is 14.4. The van der Waals surface area contributed by atoms with Crippen LogP contribution >= 0.6 is 23.8 Å². The van der Waals surface area contributed by atoms with Crippen LogP contribution in [0.25, 0.3) is 0 Å². The summed E-state index contributed by atoms with van der Waals surface area (Å²) in [6, 6.07) is 14.2. The molecule has 0 aliphatic carbocycles. The minimum atomic E-state index is -0.615. The van der Waals surface area contributed by atoms with Crippen molar-refractivity contribution in [2.24, 2.45) is 10.2 Å². The molecule has 0 aliphatic heterocycles. The third kappa shape index (κ3) is 5.60. The topological polar surface area (TPSA) is 75.1 Å². The standard InChI is InChI=1S/C16H15ClN4O2S/c1-2-23-16(22)19-15(24)18-13-5-3-4-6-14(13)21-20-12-9-7-11(17)8-10-12/h3-10H,2H2,1H3,(H2,18,19,22,24). The van der Waals surface area contributed by atoms with Crippen LogP contribution in [0.3, 0.4) is 0 Å². The van der Waals surface area contributed by atoms with E-state index < -0.39 is 6.09 Å². The van der Waals surface area contributed by atoms with Crippen LogP contribution in [0.15, 0.2) is 58.8 Å². The number of thiocarbonyl (C=S) groups is 1. The zero-order valence-corrected chi connectivity index (χ0v) is 14.4. The number of benzene rings is 2. The molecule has 24 heavy (non-hydrogen) atoms. The SMILES string of the molecule is CCOC(=O)NC(=S)Nc1ccccc1N=Nc1ccc(Cl)cc1. The van der Waals surface area contributed by atoms with Crippen LogP contribution in [0.5, 0.6) is 0 Å². The van der Waals surface area contributed by atoms with Gasteiger partial charge in [0.1, 0.15) is 5.69 Å². The maximum absolute atomic E-state index is 11.4. The molecule has 0 heterocycles. The van der Waals surface area contributed by atoms with Crippen molar-refractivity contribution in [3.8, 4) is 0 Å². The van der Waals surface area contributed by atoms with E-state index in [2.05, 4.69) is 20.9 Å². The Balaban J connectivity index is 2.08. The fourth-order valence-electron chi connectivity index (χ4n) is 1.70. The number of ether oxygens (including phenoxy) is 1. The fraction of sp³-hybridized carbons (Fsp3) is 0.125. The fourth-order valence-corrected chi connectivity index (χ4v) is 2.02. The molecule has 124 valence electrons.